The van der Waals surface area contributed by atoms with Gasteiger partial charge in [0.2, 0.25) is 5.91 Å². The lowest BCUT2D eigenvalue weighted by Gasteiger charge is -2.15. The summed E-state index contributed by atoms with van der Waals surface area (Å²) in [6.45, 7) is 3.99. The third-order valence-electron chi connectivity index (χ3n) is 3.82. The molecule has 2 atom stereocenters. The molecule has 1 fully saturated rings. The Bertz CT molecular complexity index is 521. The first kappa shape index (κ1) is 14.4. The zero-order valence-corrected chi connectivity index (χ0v) is 11.6. The summed E-state index contributed by atoms with van der Waals surface area (Å²) in [5.74, 6) is -1.21. The number of carbonyl (C=O) groups is 2. The summed E-state index contributed by atoms with van der Waals surface area (Å²) >= 11 is 0. The van der Waals surface area contributed by atoms with E-state index in [1.165, 1.54) is 12.1 Å². The lowest BCUT2D eigenvalue weighted by atomic mass is 10.0. The van der Waals surface area contributed by atoms with Crippen molar-refractivity contribution in [1.82, 2.24) is 5.32 Å². The molecule has 5 heteroatoms. The minimum Gasteiger partial charge on any atom is -0.508 e. The first-order chi connectivity index (χ1) is 9.29. The molecule has 1 aliphatic rings. The Morgan fingerprint density at radius 2 is 1.90 bits per heavy atom. The van der Waals surface area contributed by atoms with E-state index in [-0.39, 0.29) is 29.4 Å². The fourth-order valence-corrected chi connectivity index (χ4v) is 2.25. The first-order valence-electron chi connectivity index (χ1n) is 6.61. The van der Waals surface area contributed by atoms with Gasteiger partial charge < -0.3 is 15.5 Å². The summed E-state index contributed by atoms with van der Waals surface area (Å²) in [5, 5.41) is 21.0. The van der Waals surface area contributed by atoms with Gasteiger partial charge in [-0.3, -0.25) is 4.79 Å². The van der Waals surface area contributed by atoms with Crippen LogP contribution in [-0.2, 0) is 16.0 Å². The van der Waals surface area contributed by atoms with Crippen molar-refractivity contribution in [2.45, 2.75) is 32.7 Å². The number of phenolic OH excluding ortho intramolecular Hbond substituents is 1. The smallest absolute Gasteiger partial charge is 0.326 e. The number of aliphatic carboxylic acids is 1. The van der Waals surface area contributed by atoms with E-state index >= 15 is 0 Å². The van der Waals surface area contributed by atoms with Gasteiger partial charge in [-0.15, -0.1) is 0 Å². The summed E-state index contributed by atoms with van der Waals surface area (Å²) in [6, 6.07) is 5.36. The number of carbonyl (C=O) groups excluding carboxylic acids is 1. The number of nitrogens with one attached hydrogen (secondary N) is 1. The molecule has 5 nitrogen and oxygen atoms in total. The molecule has 1 unspecified atom stereocenters. The van der Waals surface area contributed by atoms with Crippen LogP contribution in [0.2, 0.25) is 0 Å². The quantitative estimate of drug-likeness (QED) is 0.762. The van der Waals surface area contributed by atoms with Gasteiger partial charge in [0.1, 0.15) is 11.8 Å². The van der Waals surface area contributed by atoms with Gasteiger partial charge in [0, 0.05) is 12.3 Å². The molecule has 0 heterocycles. The maximum atomic E-state index is 12.0. The lowest BCUT2D eigenvalue weighted by molar-refractivity contribution is -0.142. The van der Waals surface area contributed by atoms with Gasteiger partial charge in [-0.05, 0) is 29.5 Å². The molecule has 1 saturated carbocycles. The van der Waals surface area contributed by atoms with Crippen LogP contribution in [0.5, 0.6) is 5.75 Å². The molecule has 0 radical (unpaired) electrons. The molecule has 0 spiro atoms. The third-order valence-corrected chi connectivity index (χ3v) is 3.82. The number of carboxylic acid groups (broad SMARTS) is 1. The predicted molar refractivity (Wildman–Crippen MR) is 73.3 cm³/mol. The summed E-state index contributed by atoms with van der Waals surface area (Å²) in [7, 11) is 0. The number of benzene rings is 1. The second-order valence-electron chi connectivity index (χ2n) is 6.02. The van der Waals surface area contributed by atoms with E-state index in [2.05, 4.69) is 5.32 Å². The Balaban J connectivity index is 1.99. The molecule has 1 aromatic rings. The molecule has 1 amide bonds. The van der Waals surface area contributed by atoms with E-state index in [0.29, 0.717) is 0 Å². The van der Waals surface area contributed by atoms with Crippen molar-refractivity contribution < 1.29 is 19.8 Å². The number of hydrogen-bond acceptors (Lipinski definition) is 3. The SMILES string of the molecule is CC1(C)CC1C(=O)N[C@@H](Cc1ccc(O)cc1)C(=O)O. The number of carboxylic acids is 1. The number of amides is 1. The largest absolute Gasteiger partial charge is 0.508 e. The zero-order chi connectivity index (χ0) is 14.9. The van der Waals surface area contributed by atoms with Gasteiger partial charge >= 0.3 is 5.97 Å². The molecular formula is C15H19NO4. The Morgan fingerprint density at radius 3 is 2.35 bits per heavy atom. The highest BCUT2D eigenvalue weighted by atomic mass is 16.4. The maximum Gasteiger partial charge on any atom is 0.326 e. The molecule has 0 aliphatic heterocycles. The number of hydrogen-bond donors (Lipinski definition) is 3. The van der Waals surface area contributed by atoms with E-state index in [4.69, 9.17) is 0 Å². The van der Waals surface area contributed by atoms with Crippen molar-refractivity contribution in [3.05, 3.63) is 29.8 Å². The Morgan fingerprint density at radius 1 is 1.35 bits per heavy atom. The predicted octanol–water partition coefficient (Wildman–Crippen LogP) is 1.55. The summed E-state index contributed by atoms with van der Waals surface area (Å²) in [5.41, 5.74) is 0.733. The second kappa shape index (κ2) is 5.15. The van der Waals surface area contributed by atoms with Crippen LogP contribution in [0.4, 0.5) is 0 Å². The Hall–Kier alpha value is -2.04. The minimum atomic E-state index is -1.05. The lowest BCUT2D eigenvalue weighted by Crippen LogP contribution is -2.43. The van der Waals surface area contributed by atoms with Gasteiger partial charge in [-0.25, -0.2) is 4.79 Å². The second-order valence-corrected chi connectivity index (χ2v) is 6.02. The van der Waals surface area contributed by atoms with Crippen molar-refractivity contribution in [2.24, 2.45) is 11.3 Å². The number of aromatic hydroxyl groups is 1. The van der Waals surface area contributed by atoms with Crippen LogP contribution in [0.3, 0.4) is 0 Å². The fourth-order valence-electron chi connectivity index (χ4n) is 2.25. The van der Waals surface area contributed by atoms with Crippen molar-refractivity contribution in [1.29, 1.82) is 0 Å². The summed E-state index contributed by atoms with van der Waals surface area (Å²) < 4.78 is 0. The molecule has 0 bridgehead atoms. The van der Waals surface area contributed by atoms with E-state index in [1.54, 1.807) is 12.1 Å². The van der Waals surface area contributed by atoms with Crippen molar-refractivity contribution >= 4 is 11.9 Å². The zero-order valence-electron chi connectivity index (χ0n) is 11.6. The first-order valence-corrected chi connectivity index (χ1v) is 6.61. The molecular weight excluding hydrogens is 258 g/mol. The average Bonchev–Trinajstić information content (AvgIpc) is 3.00. The van der Waals surface area contributed by atoms with Crippen LogP contribution in [0.25, 0.3) is 0 Å². The van der Waals surface area contributed by atoms with Crippen LogP contribution in [0, 0.1) is 11.3 Å². The molecule has 0 saturated heterocycles. The third kappa shape index (κ3) is 3.29. The number of rotatable bonds is 5. The van der Waals surface area contributed by atoms with Gasteiger partial charge in [0.05, 0.1) is 0 Å². The molecule has 108 valence electrons. The standard InChI is InChI=1S/C15H19NO4/c1-15(2)8-11(15)13(18)16-12(14(19)20)7-9-3-5-10(17)6-4-9/h3-6,11-12,17H,7-8H2,1-2H3,(H,16,18)(H,19,20)/t11?,12-/m0/s1. The van der Waals surface area contributed by atoms with Crippen LogP contribution >= 0.6 is 0 Å². The Kier molecular flexibility index (Phi) is 3.70. The van der Waals surface area contributed by atoms with E-state index in [0.717, 1.165) is 12.0 Å². The Labute approximate surface area is 117 Å². The highest BCUT2D eigenvalue weighted by Crippen LogP contribution is 2.51. The van der Waals surface area contributed by atoms with Gasteiger partial charge in [0.25, 0.3) is 0 Å². The summed E-state index contributed by atoms with van der Waals surface area (Å²) in [6.07, 6.45) is 0.999. The fraction of sp³-hybridized carbons (Fsp3) is 0.467. The maximum absolute atomic E-state index is 12.0. The van der Waals surface area contributed by atoms with Crippen LogP contribution in [0.1, 0.15) is 25.8 Å². The topological polar surface area (TPSA) is 86.6 Å². The highest BCUT2D eigenvalue weighted by molar-refractivity contribution is 5.87. The van der Waals surface area contributed by atoms with Crippen molar-refractivity contribution in [2.75, 3.05) is 0 Å². The van der Waals surface area contributed by atoms with Gasteiger partial charge in [0.15, 0.2) is 0 Å². The highest BCUT2D eigenvalue weighted by Gasteiger charge is 2.51. The molecule has 20 heavy (non-hydrogen) atoms. The minimum absolute atomic E-state index is 0.0221. The van der Waals surface area contributed by atoms with E-state index < -0.39 is 12.0 Å². The van der Waals surface area contributed by atoms with E-state index in [9.17, 15) is 19.8 Å². The molecule has 1 aliphatic carbocycles. The number of phenols is 1. The average molecular weight is 277 g/mol. The van der Waals surface area contributed by atoms with Gasteiger partial charge in [-0.2, -0.15) is 0 Å². The van der Waals surface area contributed by atoms with Crippen LogP contribution in [-0.4, -0.2) is 28.1 Å². The van der Waals surface area contributed by atoms with Crippen LogP contribution in [0.15, 0.2) is 24.3 Å². The molecule has 1 aromatic carbocycles. The van der Waals surface area contributed by atoms with Crippen LogP contribution < -0.4 is 5.32 Å². The summed E-state index contributed by atoms with van der Waals surface area (Å²) in [4.78, 5) is 23.2. The van der Waals surface area contributed by atoms with Gasteiger partial charge in [-0.1, -0.05) is 26.0 Å². The molecule has 0 aromatic heterocycles. The van der Waals surface area contributed by atoms with E-state index in [1.807, 2.05) is 13.8 Å². The molecule has 3 N–H and O–H groups in total. The van der Waals surface area contributed by atoms with Crippen molar-refractivity contribution in [3.8, 4) is 5.75 Å². The monoisotopic (exact) mass is 277 g/mol. The molecule has 2 rings (SSSR count). The van der Waals surface area contributed by atoms with Crippen molar-refractivity contribution in [3.63, 3.8) is 0 Å². The normalized spacial score (nSPS) is 21.0.